The molecular formula is C9H14N2O2S. The van der Waals surface area contributed by atoms with Gasteiger partial charge in [-0.2, -0.15) is 0 Å². The van der Waals surface area contributed by atoms with Crippen molar-refractivity contribution in [3.63, 3.8) is 0 Å². The van der Waals surface area contributed by atoms with Gasteiger partial charge in [0.2, 0.25) is 0 Å². The Hall–Kier alpha value is -0.650. The summed E-state index contributed by atoms with van der Waals surface area (Å²) in [5, 5.41) is 11.8. The molecule has 0 bridgehead atoms. The minimum atomic E-state index is 0.0194. The van der Waals surface area contributed by atoms with E-state index in [4.69, 9.17) is 9.84 Å². The summed E-state index contributed by atoms with van der Waals surface area (Å²) in [6.45, 7) is 1.64. The van der Waals surface area contributed by atoms with Gasteiger partial charge in [0.25, 0.3) is 0 Å². The van der Waals surface area contributed by atoms with Gasteiger partial charge >= 0.3 is 0 Å². The van der Waals surface area contributed by atoms with Crippen LogP contribution in [0.4, 0.5) is 5.13 Å². The molecule has 14 heavy (non-hydrogen) atoms. The van der Waals surface area contributed by atoms with Gasteiger partial charge in [0.15, 0.2) is 5.13 Å². The Morgan fingerprint density at radius 1 is 1.79 bits per heavy atom. The van der Waals surface area contributed by atoms with Crippen molar-refractivity contribution in [3.05, 3.63) is 11.1 Å². The van der Waals surface area contributed by atoms with Crippen molar-refractivity contribution in [2.75, 3.05) is 25.2 Å². The van der Waals surface area contributed by atoms with Crippen LogP contribution < -0.4 is 4.90 Å². The number of rotatable bonds is 3. The summed E-state index contributed by atoms with van der Waals surface area (Å²) >= 11 is 1.57. The summed E-state index contributed by atoms with van der Waals surface area (Å²) in [5.41, 5.74) is 0.746. The lowest BCUT2D eigenvalue weighted by Gasteiger charge is -2.21. The molecular weight excluding hydrogens is 200 g/mol. The highest BCUT2D eigenvalue weighted by molar-refractivity contribution is 7.13. The Morgan fingerprint density at radius 3 is 3.21 bits per heavy atom. The van der Waals surface area contributed by atoms with Crippen molar-refractivity contribution in [1.29, 1.82) is 0 Å². The molecule has 1 aliphatic rings. The van der Waals surface area contributed by atoms with E-state index in [1.54, 1.807) is 11.3 Å². The first-order chi connectivity index (χ1) is 6.81. The molecule has 1 unspecified atom stereocenters. The van der Waals surface area contributed by atoms with Gasteiger partial charge in [0.05, 0.1) is 24.9 Å². The molecule has 0 aromatic carbocycles. The van der Waals surface area contributed by atoms with Gasteiger partial charge in [-0.1, -0.05) is 0 Å². The lowest BCUT2D eigenvalue weighted by Crippen LogP contribution is -2.31. The number of aliphatic hydroxyl groups is 1. The standard InChI is InChI=1S/C9H14N2O2S/c1-11(8-2-3-13-5-8)9-10-7(4-12)6-14-9/h6,8,12H,2-5H2,1H3. The molecule has 0 aliphatic carbocycles. The van der Waals surface area contributed by atoms with Crippen LogP contribution in [0.5, 0.6) is 0 Å². The van der Waals surface area contributed by atoms with E-state index in [1.807, 2.05) is 12.4 Å². The predicted octanol–water partition coefficient (Wildman–Crippen LogP) is 0.861. The second-order valence-corrected chi connectivity index (χ2v) is 4.24. The molecule has 0 saturated carbocycles. The maximum Gasteiger partial charge on any atom is 0.185 e. The summed E-state index contributed by atoms with van der Waals surface area (Å²) in [4.78, 5) is 6.45. The Morgan fingerprint density at radius 2 is 2.64 bits per heavy atom. The number of anilines is 1. The highest BCUT2D eigenvalue weighted by Crippen LogP contribution is 2.23. The molecule has 1 aliphatic heterocycles. The molecule has 1 fully saturated rings. The third-order valence-electron chi connectivity index (χ3n) is 2.46. The van der Waals surface area contributed by atoms with Crippen molar-refractivity contribution < 1.29 is 9.84 Å². The quantitative estimate of drug-likeness (QED) is 0.810. The molecule has 78 valence electrons. The number of thiazole rings is 1. The average Bonchev–Trinajstić information content (AvgIpc) is 2.88. The number of hydrogen-bond acceptors (Lipinski definition) is 5. The third kappa shape index (κ3) is 1.89. The molecule has 1 atom stereocenters. The Bertz CT molecular complexity index is 297. The van der Waals surface area contributed by atoms with Crippen LogP contribution in [0.1, 0.15) is 12.1 Å². The molecule has 1 aromatic heterocycles. The molecule has 1 saturated heterocycles. The number of ether oxygens (including phenoxy) is 1. The van der Waals surface area contributed by atoms with Crippen LogP contribution in [0.25, 0.3) is 0 Å². The monoisotopic (exact) mass is 214 g/mol. The largest absolute Gasteiger partial charge is 0.390 e. The van der Waals surface area contributed by atoms with E-state index < -0.39 is 0 Å². The SMILES string of the molecule is CN(c1nc(CO)cs1)C1CCOC1. The smallest absolute Gasteiger partial charge is 0.185 e. The lowest BCUT2D eigenvalue weighted by molar-refractivity contribution is 0.193. The molecule has 1 N–H and O–H groups in total. The first-order valence-electron chi connectivity index (χ1n) is 4.67. The van der Waals surface area contributed by atoms with E-state index in [-0.39, 0.29) is 6.61 Å². The Kier molecular flexibility index (Phi) is 3.00. The van der Waals surface area contributed by atoms with E-state index >= 15 is 0 Å². The number of aliphatic hydroxyl groups excluding tert-OH is 1. The van der Waals surface area contributed by atoms with E-state index in [2.05, 4.69) is 9.88 Å². The van der Waals surface area contributed by atoms with Gasteiger partial charge in [-0.15, -0.1) is 11.3 Å². The highest BCUT2D eigenvalue weighted by atomic mass is 32.1. The van der Waals surface area contributed by atoms with Crippen LogP contribution in [-0.4, -0.2) is 36.4 Å². The second kappa shape index (κ2) is 4.25. The Labute approximate surface area is 87.1 Å². The van der Waals surface area contributed by atoms with Crippen LogP contribution >= 0.6 is 11.3 Å². The molecule has 4 nitrogen and oxygen atoms in total. The maximum absolute atomic E-state index is 8.90. The summed E-state index contributed by atoms with van der Waals surface area (Å²) < 4.78 is 5.32. The van der Waals surface area contributed by atoms with Crippen molar-refractivity contribution in [1.82, 2.24) is 4.98 Å². The van der Waals surface area contributed by atoms with E-state index in [0.717, 1.165) is 30.5 Å². The second-order valence-electron chi connectivity index (χ2n) is 3.41. The number of aromatic nitrogens is 1. The number of likely N-dealkylation sites (N-methyl/N-ethyl adjacent to an activating group) is 1. The highest BCUT2D eigenvalue weighted by Gasteiger charge is 2.22. The zero-order chi connectivity index (χ0) is 9.97. The summed E-state index contributed by atoms with van der Waals surface area (Å²) in [6.07, 6.45) is 1.06. The normalized spacial score (nSPS) is 21.4. The third-order valence-corrected chi connectivity index (χ3v) is 3.44. The maximum atomic E-state index is 8.90. The first-order valence-corrected chi connectivity index (χ1v) is 5.55. The van der Waals surface area contributed by atoms with Crippen molar-refractivity contribution in [2.45, 2.75) is 19.1 Å². The van der Waals surface area contributed by atoms with Gasteiger partial charge in [-0.05, 0) is 6.42 Å². The van der Waals surface area contributed by atoms with Crippen molar-refractivity contribution in [3.8, 4) is 0 Å². The van der Waals surface area contributed by atoms with Crippen molar-refractivity contribution >= 4 is 16.5 Å². The molecule has 0 spiro atoms. The number of hydrogen-bond donors (Lipinski definition) is 1. The van der Waals surface area contributed by atoms with Gasteiger partial charge in [0.1, 0.15) is 0 Å². The zero-order valence-electron chi connectivity index (χ0n) is 8.14. The minimum absolute atomic E-state index is 0.0194. The predicted molar refractivity (Wildman–Crippen MR) is 55.7 cm³/mol. The van der Waals surface area contributed by atoms with Crippen molar-refractivity contribution in [2.24, 2.45) is 0 Å². The molecule has 2 rings (SSSR count). The minimum Gasteiger partial charge on any atom is -0.390 e. The molecule has 1 aromatic rings. The van der Waals surface area contributed by atoms with Gasteiger partial charge in [0, 0.05) is 19.0 Å². The zero-order valence-corrected chi connectivity index (χ0v) is 8.96. The fourth-order valence-electron chi connectivity index (χ4n) is 1.51. The molecule has 2 heterocycles. The molecule has 5 heteroatoms. The van der Waals surface area contributed by atoms with Gasteiger partial charge < -0.3 is 14.7 Å². The van der Waals surface area contributed by atoms with E-state index in [1.165, 1.54) is 0 Å². The Balaban J connectivity index is 2.05. The van der Waals surface area contributed by atoms with Gasteiger partial charge in [-0.25, -0.2) is 4.98 Å². The fourth-order valence-corrected chi connectivity index (χ4v) is 2.37. The van der Waals surface area contributed by atoms with E-state index in [9.17, 15) is 0 Å². The van der Waals surface area contributed by atoms with Gasteiger partial charge in [-0.3, -0.25) is 0 Å². The summed E-state index contributed by atoms with van der Waals surface area (Å²) in [7, 11) is 2.03. The molecule has 0 amide bonds. The van der Waals surface area contributed by atoms with E-state index in [0.29, 0.717) is 6.04 Å². The van der Waals surface area contributed by atoms with Crippen LogP contribution in [-0.2, 0) is 11.3 Å². The summed E-state index contributed by atoms with van der Waals surface area (Å²) in [6, 6.07) is 0.438. The van der Waals surface area contributed by atoms with Crippen LogP contribution in [0.3, 0.4) is 0 Å². The summed E-state index contributed by atoms with van der Waals surface area (Å²) in [5.74, 6) is 0. The lowest BCUT2D eigenvalue weighted by atomic mass is 10.2. The molecule has 0 radical (unpaired) electrons. The first kappa shape index (κ1) is 9.89. The fraction of sp³-hybridized carbons (Fsp3) is 0.667. The topological polar surface area (TPSA) is 45.6 Å². The average molecular weight is 214 g/mol. The van der Waals surface area contributed by atoms with Crippen LogP contribution in [0.2, 0.25) is 0 Å². The van der Waals surface area contributed by atoms with Crippen LogP contribution in [0, 0.1) is 0 Å². The number of nitrogens with zero attached hydrogens (tertiary/aromatic N) is 2. The van der Waals surface area contributed by atoms with Crippen LogP contribution in [0.15, 0.2) is 5.38 Å².